The van der Waals surface area contributed by atoms with Crippen LogP contribution in [-0.4, -0.2) is 55.1 Å². The molecule has 2 saturated carbocycles. The van der Waals surface area contributed by atoms with Gasteiger partial charge in [-0.3, -0.25) is 4.90 Å². The molecule has 0 aromatic carbocycles. The third-order valence-corrected chi connectivity index (χ3v) is 4.44. The molecule has 2 unspecified atom stereocenters. The van der Waals surface area contributed by atoms with Crippen LogP contribution >= 0.6 is 0 Å². The SMILES string of the molecule is CN(C)C1C2CN(C3CC(N)C3)CC21. The van der Waals surface area contributed by atoms with Crippen molar-refractivity contribution in [2.75, 3.05) is 27.2 Å². The molecular weight excluding hydrogens is 174 g/mol. The van der Waals surface area contributed by atoms with Gasteiger partial charge in [0.25, 0.3) is 0 Å². The first-order chi connectivity index (χ1) is 6.66. The van der Waals surface area contributed by atoms with Gasteiger partial charge in [-0.2, -0.15) is 0 Å². The summed E-state index contributed by atoms with van der Waals surface area (Å²) in [5.74, 6) is 1.95. The highest BCUT2D eigenvalue weighted by atomic mass is 15.3. The molecule has 3 heteroatoms. The molecule has 1 saturated heterocycles. The highest BCUT2D eigenvalue weighted by Crippen LogP contribution is 2.49. The Morgan fingerprint density at radius 1 is 1.14 bits per heavy atom. The molecule has 14 heavy (non-hydrogen) atoms. The first kappa shape index (κ1) is 9.13. The van der Waals surface area contributed by atoms with Gasteiger partial charge in [0.2, 0.25) is 0 Å². The number of nitrogens with zero attached hydrogens (tertiary/aromatic N) is 2. The van der Waals surface area contributed by atoms with Crippen LogP contribution in [0.4, 0.5) is 0 Å². The molecule has 0 radical (unpaired) electrons. The van der Waals surface area contributed by atoms with Crippen molar-refractivity contribution in [3.05, 3.63) is 0 Å². The van der Waals surface area contributed by atoms with Crippen LogP contribution in [0.25, 0.3) is 0 Å². The summed E-state index contributed by atoms with van der Waals surface area (Å²) in [4.78, 5) is 5.08. The zero-order chi connectivity index (χ0) is 9.87. The van der Waals surface area contributed by atoms with Crippen molar-refractivity contribution in [2.45, 2.75) is 31.0 Å². The Kier molecular flexibility index (Phi) is 1.92. The van der Waals surface area contributed by atoms with E-state index in [0.29, 0.717) is 6.04 Å². The van der Waals surface area contributed by atoms with Crippen molar-refractivity contribution >= 4 is 0 Å². The largest absolute Gasteiger partial charge is 0.328 e. The molecule has 0 bridgehead atoms. The van der Waals surface area contributed by atoms with Gasteiger partial charge in [0.1, 0.15) is 0 Å². The van der Waals surface area contributed by atoms with E-state index in [1.807, 2.05) is 0 Å². The summed E-state index contributed by atoms with van der Waals surface area (Å²) in [7, 11) is 4.43. The summed E-state index contributed by atoms with van der Waals surface area (Å²) >= 11 is 0. The van der Waals surface area contributed by atoms with E-state index in [-0.39, 0.29) is 0 Å². The molecule has 1 heterocycles. The van der Waals surface area contributed by atoms with Gasteiger partial charge in [0.15, 0.2) is 0 Å². The van der Waals surface area contributed by atoms with E-state index in [1.165, 1.54) is 25.9 Å². The second-order valence-corrected chi connectivity index (χ2v) is 5.62. The number of hydrogen-bond acceptors (Lipinski definition) is 3. The van der Waals surface area contributed by atoms with E-state index in [0.717, 1.165) is 23.9 Å². The highest BCUT2D eigenvalue weighted by Gasteiger charge is 2.58. The Balaban J connectivity index is 1.51. The lowest BCUT2D eigenvalue weighted by Gasteiger charge is -2.40. The van der Waals surface area contributed by atoms with Gasteiger partial charge in [-0.1, -0.05) is 0 Å². The van der Waals surface area contributed by atoms with E-state index in [9.17, 15) is 0 Å². The predicted molar refractivity (Wildman–Crippen MR) is 57.0 cm³/mol. The van der Waals surface area contributed by atoms with Gasteiger partial charge < -0.3 is 10.6 Å². The quantitative estimate of drug-likeness (QED) is 0.671. The maximum absolute atomic E-state index is 5.82. The number of hydrogen-bond donors (Lipinski definition) is 1. The maximum Gasteiger partial charge on any atom is 0.0177 e. The topological polar surface area (TPSA) is 32.5 Å². The number of likely N-dealkylation sites (tertiary alicyclic amines) is 1. The fourth-order valence-electron chi connectivity index (χ4n) is 3.52. The van der Waals surface area contributed by atoms with Gasteiger partial charge in [-0.05, 0) is 38.8 Å². The molecule has 3 aliphatic rings. The van der Waals surface area contributed by atoms with Crippen LogP contribution in [0.5, 0.6) is 0 Å². The normalized spacial score (nSPS) is 51.9. The van der Waals surface area contributed by atoms with E-state index >= 15 is 0 Å². The lowest BCUT2D eigenvalue weighted by atomic mass is 9.86. The van der Waals surface area contributed by atoms with Crippen LogP contribution in [0.2, 0.25) is 0 Å². The summed E-state index contributed by atoms with van der Waals surface area (Å²) in [6, 6.07) is 2.22. The Morgan fingerprint density at radius 2 is 1.71 bits per heavy atom. The summed E-state index contributed by atoms with van der Waals surface area (Å²) in [6.45, 7) is 2.68. The van der Waals surface area contributed by atoms with Crippen molar-refractivity contribution in [3.8, 4) is 0 Å². The molecule has 2 aliphatic carbocycles. The monoisotopic (exact) mass is 195 g/mol. The molecule has 80 valence electrons. The Bertz CT molecular complexity index is 223. The minimum absolute atomic E-state index is 0.501. The van der Waals surface area contributed by atoms with Crippen molar-refractivity contribution in [1.82, 2.24) is 9.80 Å². The zero-order valence-corrected chi connectivity index (χ0v) is 9.19. The van der Waals surface area contributed by atoms with Crippen molar-refractivity contribution < 1.29 is 0 Å². The molecule has 0 aromatic rings. The van der Waals surface area contributed by atoms with E-state index in [4.69, 9.17) is 5.73 Å². The molecule has 3 fully saturated rings. The average Bonchev–Trinajstić information content (AvgIpc) is 2.58. The molecule has 2 N–H and O–H groups in total. The summed E-state index contributed by atoms with van der Waals surface area (Å²) < 4.78 is 0. The smallest absolute Gasteiger partial charge is 0.0177 e. The Labute approximate surface area is 86.2 Å². The van der Waals surface area contributed by atoms with Crippen molar-refractivity contribution in [2.24, 2.45) is 17.6 Å². The Morgan fingerprint density at radius 3 is 2.14 bits per heavy atom. The molecule has 0 spiro atoms. The highest BCUT2D eigenvalue weighted by molar-refractivity contribution is 5.12. The predicted octanol–water partition coefficient (Wildman–Crippen LogP) is -0.0321. The molecule has 1 aliphatic heterocycles. The van der Waals surface area contributed by atoms with E-state index < -0.39 is 0 Å². The lowest BCUT2D eigenvalue weighted by molar-refractivity contribution is 0.113. The standard InChI is InChI=1S/C11H21N3/c1-13(2)11-9-5-14(6-10(9)11)8-3-7(12)4-8/h7-11H,3-6,12H2,1-2H3. The minimum Gasteiger partial charge on any atom is -0.328 e. The van der Waals surface area contributed by atoms with Crippen LogP contribution in [0.3, 0.4) is 0 Å². The maximum atomic E-state index is 5.82. The fraction of sp³-hybridized carbons (Fsp3) is 1.00. The van der Waals surface area contributed by atoms with E-state index in [1.54, 1.807) is 0 Å². The van der Waals surface area contributed by atoms with Gasteiger partial charge >= 0.3 is 0 Å². The Hall–Kier alpha value is -0.120. The second kappa shape index (κ2) is 2.94. The van der Waals surface area contributed by atoms with Crippen molar-refractivity contribution in [3.63, 3.8) is 0 Å². The molecule has 3 nitrogen and oxygen atoms in total. The number of fused-ring (bicyclic) bond motifs is 1. The van der Waals surface area contributed by atoms with Crippen LogP contribution < -0.4 is 5.73 Å². The van der Waals surface area contributed by atoms with Gasteiger partial charge in [0.05, 0.1) is 0 Å². The van der Waals surface area contributed by atoms with Crippen molar-refractivity contribution in [1.29, 1.82) is 0 Å². The summed E-state index contributed by atoms with van der Waals surface area (Å²) in [5.41, 5.74) is 5.82. The first-order valence-corrected chi connectivity index (χ1v) is 5.83. The molecule has 0 amide bonds. The summed E-state index contributed by atoms with van der Waals surface area (Å²) in [5, 5.41) is 0. The lowest BCUT2D eigenvalue weighted by Crippen LogP contribution is -2.51. The van der Waals surface area contributed by atoms with Gasteiger partial charge in [0, 0.05) is 31.2 Å². The van der Waals surface area contributed by atoms with E-state index in [2.05, 4.69) is 23.9 Å². The number of piperidine rings is 1. The van der Waals surface area contributed by atoms with Crippen LogP contribution in [0.15, 0.2) is 0 Å². The molecule has 0 aromatic heterocycles. The third kappa shape index (κ3) is 1.23. The third-order valence-electron chi connectivity index (χ3n) is 4.44. The van der Waals surface area contributed by atoms with Gasteiger partial charge in [-0.15, -0.1) is 0 Å². The van der Waals surface area contributed by atoms with Crippen LogP contribution in [0.1, 0.15) is 12.8 Å². The number of rotatable bonds is 2. The molecular formula is C11H21N3. The minimum atomic E-state index is 0.501. The molecule has 2 atom stereocenters. The number of nitrogens with two attached hydrogens (primary N) is 1. The van der Waals surface area contributed by atoms with Crippen LogP contribution in [-0.2, 0) is 0 Å². The second-order valence-electron chi connectivity index (χ2n) is 5.62. The summed E-state index contributed by atoms with van der Waals surface area (Å²) in [6.07, 6.45) is 2.48. The molecule has 3 rings (SSSR count). The first-order valence-electron chi connectivity index (χ1n) is 5.83. The van der Waals surface area contributed by atoms with Gasteiger partial charge in [-0.25, -0.2) is 0 Å². The zero-order valence-electron chi connectivity index (χ0n) is 9.19. The van der Waals surface area contributed by atoms with Crippen LogP contribution in [0, 0.1) is 11.8 Å². The fourth-order valence-corrected chi connectivity index (χ4v) is 3.52. The average molecular weight is 195 g/mol.